The van der Waals surface area contributed by atoms with Crippen molar-refractivity contribution in [1.82, 2.24) is 9.97 Å². The van der Waals surface area contributed by atoms with Gasteiger partial charge in [-0.2, -0.15) is 0 Å². The molecule has 0 spiro atoms. The monoisotopic (exact) mass is 266 g/mol. The molecular weight excluding hydrogens is 244 g/mol. The number of aromatic nitrogens is 2. The molecule has 1 saturated heterocycles. The van der Waals surface area contributed by atoms with E-state index in [1.165, 1.54) is 0 Å². The van der Waals surface area contributed by atoms with E-state index in [1.54, 1.807) is 13.2 Å². The molecular formula is C14H22N2O3. The van der Waals surface area contributed by atoms with Gasteiger partial charge in [-0.1, -0.05) is 20.8 Å². The van der Waals surface area contributed by atoms with Crippen LogP contribution in [-0.2, 0) is 20.5 Å². The van der Waals surface area contributed by atoms with Crippen molar-refractivity contribution >= 4 is 0 Å². The van der Waals surface area contributed by atoms with Crippen LogP contribution in [-0.4, -0.2) is 30.3 Å². The minimum absolute atomic E-state index is 0.127. The van der Waals surface area contributed by atoms with E-state index >= 15 is 0 Å². The van der Waals surface area contributed by atoms with Crippen LogP contribution in [0.5, 0.6) is 0 Å². The summed E-state index contributed by atoms with van der Waals surface area (Å²) in [6, 6.07) is 1.56. The molecule has 0 amide bonds. The first-order valence-corrected chi connectivity index (χ1v) is 6.63. The van der Waals surface area contributed by atoms with Crippen LogP contribution in [0.2, 0.25) is 0 Å². The molecule has 2 heterocycles. The predicted molar refractivity (Wildman–Crippen MR) is 72.3 cm³/mol. The highest BCUT2D eigenvalue weighted by molar-refractivity contribution is 5.16. The number of nitrogens with one attached hydrogen (secondary N) is 1. The molecule has 1 aliphatic rings. The molecule has 0 radical (unpaired) electrons. The summed E-state index contributed by atoms with van der Waals surface area (Å²) >= 11 is 0. The molecule has 1 aromatic rings. The van der Waals surface area contributed by atoms with Gasteiger partial charge in [-0.15, -0.1) is 0 Å². The number of hydrogen-bond acceptors (Lipinski definition) is 4. The zero-order valence-corrected chi connectivity index (χ0v) is 12.1. The van der Waals surface area contributed by atoms with Crippen molar-refractivity contribution in [3.63, 3.8) is 0 Å². The Morgan fingerprint density at radius 1 is 1.37 bits per heavy atom. The van der Waals surface area contributed by atoms with Crippen LogP contribution in [0.15, 0.2) is 10.9 Å². The van der Waals surface area contributed by atoms with Gasteiger partial charge in [0.15, 0.2) is 0 Å². The van der Waals surface area contributed by atoms with Crippen LogP contribution in [0.1, 0.15) is 45.1 Å². The van der Waals surface area contributed by atoms with Gasteiger partial charge < -0.3 is 14.5 Å². The van der Waals surface area contributed by atoms with Crippen LogP contribution in [0, 0.1) is 0 Å². The maximum atomic E-state index is 11.9. The van der Waals surface area contributed by atoms with Gasteiger partial charge in [-0.3, -0.25) is 4.79 Å². The fourth-order valence-corrected chi connectivity index (χ4v) is 2.30. The second kappa shape index (κ2) is 5.06. The molecule has 1 N–H and O–H groups in total. The fourth-order valence-electron chi connectivity index (χ4n) is 2.30. The van der Waals surface area contributed by atoms with Crippen molar-refractivity contribution < 1.29 is 9.47 Å². The number of aromatic amines is 1. The summed E-state index contributed by atoms with van der Waals surface area (Å²) in [6.45, 7) is 7.38. The Morgan fingerprint density at radius 2 is 2.00 bits per heavy atom. The lowest BCUT2D eigenvalue weighted by atomic mass is 9.90. The van der Waals surface area contributed by atoms with Crippen LogP contribution in [0.4, 0.5) is 0 Å². The smallest absolute Gasteiger partial charge is 0.251 e. The van der Waals surface area contributed by atoms with Gasteiger partial charge in [-0.25, -0.2) is 4.98 Å². The minimum atomic E-state index is -0.529. The summed E-state index contributed by atoms with van der Waals surface area (Å²) < 4.78 is 11.1. The van der Waals surface area contributed by atoms with Gasteiger partial charge in [0.05, 0.1) is 5.69 Å². The molecule has 1 fully saturated rings. The number of H-pyrrole nitrogens is 1. The second-order valence-electron chi connectivity index (χ2n) is 6.04. The molecule has 0 aliphatic carbocycles. The fraction of sp³-hybridized carbons (Fsp3) is 0.714. The first-order valence-electron chi connectivity index (χ1n) is 6.63. The van der Waals surface area contributed by atoms with E-state index < -0.39 is 5.60 Å². The van der Waals surface area contributed by atoms with E-state index in [0.29, 0.717) is 31.9 Å². The molecule has 0 aromatic carbocycles. The van der Waals surface area contributed by atoms with Gasteiger partial charge in [0.2, 0.25) is 0 Å². The van der Waals surface area contributed by atoms with Crippen molar-refractivity contribution in [3.8, 4) is 0 Å². The van der Waals surface area contributed by atoms with Crippen molar-refractivity contribution in [3.05, 3.63) is 27.9 Å². The maximum absolute atomic E-state index is 11.9. The quantitative estimate of drug-likeness (QED) is 0.885. The predicted octanol–water partition coefficient (Wildman–Crippen LogP) is 1.72. The summed E-state index contributed by atoms with van der Waals surface area (Å²) in [6.07, 6.45) is 1.42. The highest BCUT2D eigenvalue weighted by Crippen LogP contribution is 2.33. The molecule has 0 atom stereocenters. The van der Waals surface area contributed by atoms with E-state index in [4.69, 9.17) is 9.47 Å². The molecule has 0 unspecified atom stereocenters. The molecule has 1 aliphatic heterocycles. The average molecular weight is 266 g/mol. The summed E-state index contributed by atoms with van der Waals surface area (Å²) in [5, 5.41) is 0. The Morgan fingerprint density at radius 3 is 2.53 bits per heavy atom. The third-order valence-corrected chi connectivity index (χ3v) is 3.63. The summed E-state index contributed by atoms with van der Waals surface area (Å²) in [5.41, 5.74) is -0.0334. The third kappa shape index (κ3) is 2.87. The van der Waals surface area contributed by atoms with Gasteiger partial charge in [0.25, 0.3) is 5.56 Å². The molecule has 2 rings (SSSR count). The molecule has 0 bridgehead atoms. The van der Waals surface area contributed by atoms with E-state index in [0.717, 1.165) is 5.69 Å². The Hall–Kier alpha value is -1.20. The Balaban J connectivity index is 2.49. The molecule has 5 heteroatoms. The van der Waals surface area contributed by atoms with E-state index in [1.807, 2.05) is 20.8 Å². The lowest BCUT2D eigenvalue weighted by Crippen LogP contribution is -2.39. The lowest BCUT2D eigenvalue weighted by molar-refractivity contribution is -0.100. The van der Waals surface area contributed by atoms with Gasteiger partial charge in [-0.05, 0) is 0 Å². The lowest BCUT2D eigenvalue weighted by Gasteiger charge is -2.35. The third-order valence-electron chi connectivity index (χ3n) is 3.63. The van der Waals surface area contributed by atoms with Gasteiger partial charge in [0, 0.05) is 44.6 Å². The van der Waals surface area contributed by atoms with Crippen LogP contribution in [0.3, 0.4) is 0 Å². The second-order valence-corrected chi connectivity index (χ2v) is 6.04. The molecule has 0 saturated carbocycles. The maximum Gasteiger partial charge on any atom is 0.251 e. The molecule has 1 aromatic heterocycles. The number of methoxy groups -OCH3 is 1. The first-order chi connectivity index (χ1) is 8.87. The average Bonchev–Trinajstić information content (AvgIpc) is 2.38. The van der Waals surface area contributed by atoms with Crippen molar-refractivity contribution in [2.45, 2.75) is 44.6 Å². The van der Waals surface area contributed by atoms with Crippen molar-refractivity contribution in [2.75, 3.05) is 20.3 Å². The zero-order chi connectivity index (χ0) is 14.1. The van der Waals surface area contributed by atoms with Crippen molar-refractivity contribution in [1.29, 1.82) is 0 Å². The zero-order valence-electron chi connectivity index (χ0n) is 12.1. The normalized spacial score (nSPS) is 19.4. The van der Waals surface area contributed by atoms with Crippen LogP contribution < -0.4 is 5.56 Å². The van der Waals surface area contributed by atoms with Gasteiger partial charge >= 0.3 is 0 Å². The number of nitrogens with zero attached hydrogens (tertiary/aromatic N) is 1. The van der Waals surface area contributed by atoms with E-state index in [9.17, 15) is 4.79 Å². The standard InChI is InChI=1S/C14H22N2O3/c1-13(2,3)10-9-11(17)16-12(15-10)14(18-4)5-7-19-8-6-14/h9H,5-8H2,1-4H3,(H,15,16,17). The van der Waals surface area contributed by atoms with E-state index in [-0.39, 0.29) is 11.0 Å². The SMILES string of the molecule is COC1(c2nc(C(C)(C)C)cc(=O)[nH]2)CCOCC1. The highest BCUT2D eigenvalue weighted by atomic mass is 16.5. The van der Waals surface area contributed by atoms with E-state index in [2.05, 4.69) is 9.97 Å². The minimum Gasteiger partial charge on any atom is -0.381 e. The first kappa shape index (κ1) is 14.2. The highest BCUT2D eigenvalue weighted by Gasteiger charge is 2.37. The Labute approximate surface area is 113 Å². The van der Waals surface area contributed by atoms with Crippen LogP contribution in [0.25, 0.3) is 0 Å². The van der Waals surface area contributed by atoms with Crippen molar-refractivity contribution in [2.24, 2.45) is 0 Å². The number of hydrogen-bond donors (Lipinski definition) is 1. The molecule has 5 nitrogen and oxygen atoms in total. The summed E-state index contributed by atoms with van der Waals surface area (Å²) in [7, 11) is 1.66. The topological polar surface area (TPSA) is 64.2 Å². The number of rotatable bonds is 2. The Bertz CT molecular complexity index is 496. The largest absolute Gasteiger partial charge is 0.381 e. The summed E-state index contributed by atoms with van der Waals surface area (Å²) in [5.74, 6) is 0.621. The number of ether oxygens (including phenoxy) is 2. The van der Waals surface area contributed by atoms with Crippen LogP contribution >= 0.6 is 0 Å². The Kier molecular flexibility index (Phi) is 3.78. The summed E-state index contributed by atoms with van der Waals surface area (Å²) in [4.78, 5) is 19.3. The molecule has 106 valence electrons. The molecule has 19 heavy (non-hydrogen) atoms. The van der Waals surface area contributed by atoms with Gasteiger partial charge in [0.1, 0.15) is 11.4 Å².